The second kappa shape index (κ2) is 9.03. The van der Waals surface area contributed by atoms with Crippen molar-refractivity contribution in [2.45, 2.75) is 20.3 Å². The number of hydrogen-bond acceptors (Lipinski definition) is 4. The minimum atomic E-state index is -2.37. The maximum absolute atomic E-state index is 6.04. The van der Waals surface area contributed by atoms with Crippen LogP contribution < -0.4 is 15.1 Å². The van der Waals surface area contributed by atoms with Crippen molar-refractivity contribution >= 4 is 39.9 Å². The molecule has 0 aliphatic heterocycles. The molecule has 0 fully saturated rings. The highest BCUT2D eigenvalue weighted by Crippen LogP contribution is 2.48. The van der Waals surface area contributed by atoms with E-state index in [9.17, 15) is 0 Å². The topological polar surface area (TPSA) is 30.5 Å². The fraction of sp³-hybridized carbons (Fsp3) is 0.238. The number of anilines is 1. The Morgan fingerprint density at radius 1 is 1.07 bits per heavy atom. The molecule has 0 amide bonds. The van der Waals surface area contributed by atoms with Gasteiger partial charge in [-0.1, -0.05) is 30.3 Å². The van der Waals surface area contributed by atoms with Crippen LogP contribution in [0.4, 0.5) is 5.00 Å². The molecule has 142 valence electrons. The van der Waals surface area contributed by atoms with Gasteiger partial charge in [-0.3, -0.25) is 0 Å². The predicted molar refractivity (Wildman–Crippen MR) is 120 cm³/mol. The third-order valence-electron chi connectivity index (χ3n) is 4.21. The van der Waals surface area contributed by atoms with Crippen LogP contribution in [0.2, 0.25) is 0 Å². The summed E-state index contributed by atoms with van der Waals surface area (Å²) in [5, 5.41) is 5.60. The lowest BCUT2D eigenvalue weighted by molar-refractivity contribution is 0.384. The van der Waals surface area contributed by atoms with Crippen LogP contribution in [0.5, 0.6) is 5.75 Å². The van der Waals surface area contributed by atoms with Gasteiger partial charge in [0.2, 0.25) is 0 Å². The van der Waals surface area contributed by atoms with E-state index in [-0.39, 0.29) is 0 Å². The Kier molecular flexibility index (Phi) is 6.72. The first kappa shape index (κ1) is 20.1. The van der Waals surface area contributed by atoms with Crippen LogP contribution in [0.1, 0.15) is 22.9 Å². The lowest BCUT2D eigenvalue weighted by atomic mass is 10.1. The number of benzene rings is 2. The first-order valence-corrected chi connectivity index (χ1v) is 12.4. The second-order valence-electron chi connectivity index (χ2n) is 6.16. The van der Waals surface area contributed by atoms with Gasteiger partial charge in [-0.25, -0.2) is 0 Å². The van der Waals surface area contributed by atoms with E-state index in [0.717, 1.165) is 22.5 Å². The number of nitrogens with one attached hydrogen (secondary N) is 1. The average molecular weight is 418 g/mol. The van der Waals surface area contributed by atoms with Crippen LogP contribution in [-0.4, -0.2) is 13.7 Å². The summed E-state index contributed by atoms with van der Waals surface area (Å²) >= 11 is 7.71. The lowest BCUT2D eigenvalue weighted by Gasteiger charge is -2.23. The number of methoxy groups -OCH3 is 1. The molecule has 3 rings (SSSR count). The van der Waals surface area contributed by atoms with Gasteiger partial charge in [0.25, 0.3) is 0 Å². The van der Waals surface area contributed by atoms with Gasteiger partial charge in [0.1, 0.15) is 5.75 Å². The van der Waals surface area contributed by atoms with E-state index in [1.807, 2.05) is 37.3 Å². The molecule has 3 nitrogen and oxygen atoms in total. The Balaban J connectivity index is 1.84. The van der Waals surface area contributed by atoms with Crippen molar-refractivity contribution in [1.29, 1.82) is 0 Å². The van der Waals surface area contributed by atoms with Crippen LogP contribution in [0.15, 0.2) is 60.7 Å². The second-order valence-corrected chi connectivity index (χ2v) is 10.9. The molecule has 6 heteroatoms. The number of ether oxygens (including phenoxy) is 1. The highest BCUT2D eigenvalue weighted by molar-refractivity contribution is 8.16. The van der Waals surface area contributed by atoms with Gasteiger partial charge >= 0.3 is 0 Å². The fourth-order valence-corrected chi connectivity index (χ4v) is 7.09. The largest absolute Gasteiger partial charge is 0.497 e. The third-order valence-corrected chi connectivity index (χ3v) is 8.87. The van der Waals surface area contributed by atoms with Gasteiger partial charge in [-0.2, -0.15) is 0 Å². The zero-order valence-corrected chi connectivity index (χ0v) is 18.3. The van der Waals surface area contributed by atoms with Gasteiger partial charge in [-0.15, -0.1) is 11.3 Å². The molecule has 1 unspecified atom stereocenters. The van der Waals surface area contributed by atoms with Crippen molar-refractivity contribution in [3.8, 4) is 5.75 Å². The van der Waals surface area contributed by atoms with Gasteiger partial charge in [0.15, 0.2) is 6.42 Å². The summed E-state index contributed by atoms with van der Waals surface area (Å²) < 4.78 is 11.3. The predicted octanol–water partition coefficient (Wildman–Crippen LogP) is 5.74. The molecular formula is C21H24NO2PS2. The number of rotatable bonds is 8. The summed E-state index contributed by atoms with van der Waals surface area (Å²) in [7, 11) is 1.66. The zero-order valence-electron chi connectivity index (χ0n) is 15.8. The molecule has 0 bridgehead atoms. The van der Waals surface area contributed by atoms with Gasteiger partial charge in [0.05, 0.1) is 18.7 Å². The Hall–Kier alpha value is -1.65. The maximum atomic E-state index is 6.04. The molecule has 0 saturated carbocycles. The van der Waals surface area contributed by atoms with E-state index in [1.165, 1.54) is 16.0 Å². The standard InChI is InChI=1S/C21H24NO2PS2/c1-4-24-25(26,19-12-10-18(23-3)11-13-19)22-21-14-16(2)20(27-21)15-17-8-6-5-7-9-17/h5-14H,4,15H2,1-3H3,(H,22,26). The summed E-state index contributed by atoms with van der Waals surface area (Å²) in [6, 6.07) is 20.5. The Morgan fingerprint density at radius 2 is 1.78 bits per heavy atom. The number of aryl methyl sites for hydroxylation is 1. The van der Waals surface area contributed by atoms with Crippen molar-refractivity contribution in [2.75, 3.05) is 18.8 Å². The van der Waals surface area contributed by atoms with E-state index < -0.39 is 6.42 Å². The first-order valence-electron chi connectivity index (χ1n) is 8.85. The van der Waals surface area contributed by atoms with Crippen molar-refractivity contribution in [1.82, 2.24) is 0 Å². The molecule has 0 aliphatic rings. The monoisotopic (exact) mass is 417 g/mol. The molecule has 2 aromatic carbocycles. The lowest BCUT2D eigenvalue weighted by Crippen LogP contribution is -2.13. The summed E-state index contributed by atoms with van der Waals surface area (Å²) in [6.45, 7) is 4.70. The normalized spacial score (nSPS) is 13.1. The van der Waals surface area contributed by atoms with Crippen LogP contribution in [-0.2, 0) is 22.8 Å². The quantitative estimate of drug-likeness (QED) is 0.474. The van der Waals surface area contributed by atoms with Gasteiger partial charge in [-0.05, 0) is 67.1 Å². The molecule has 3 aromatic rings. The van der Waals surface area contributed by atoms with Crippen molar-refractivity contribution in [3.05, 3.63) is 76.7 Å². The van der Waals surface area contributed by atoms with E-state index in [4.69, 9.17) is 21.1 Å². The molecule has 1 aromatic heterocycles. The molecular weight excluding hydrogens is 393 g/mol. The first-order chi connectivity index (χ1) is 13.0. The molecule has 0 aliphatic carbocycles. The minimum Gasteiger partial charge on any atom is -0.497 e. The number of thiophene rings is 1. The van der Waals surface area contributed by atoms with E-state index in [1.54, 1.807) is 18.4 Å². The molecule has 0 saturated heterocycles. The van der Waals surface area contributed by atoms with Crippen LogP contribution in [0.25, 0.3) is 0 Å². The van der Waals surface area contributed by atoms with E-state index in [0.29, 0.717) is 6.61 Å². The van der Waals surface area contributed by atoms with Crippen molar-refractivity contribution in [3.63, 3.8) is 0 Å². The van der Waals surface area contributed by atoms with Crippen molar-refractivity contribution < 1.29 is 9.26 Å². The van der Waals surface area contributed by atoms with E-state index >= 15 is 0 Å². The summed E-state index contributed by atoms with van der Waals surface area (Å²) in [5.74, 6) is 0.814. The molecule has 1 atom stereocenters. The molecule has 1 heterocycles. The number of hydrogen-bond donors (Lipinski definition) is 1. The Morgan fingerprint density at radius 3 is 2.41 bits per heavy atom. The van der Waals surface area contributed by atoms with Crippen LogP contribution >= 0.6 is 17.8 Å². The molecule has 1 N–H and O–H groups in total. The summed E-state index contributed by atoms with van der Waals surface area (Å²) in [5.41, 5.74) is 2.59. The Labute approximate surface area is 170 Å². The minimum absolute atomic E-state index is 0.567. The summed E-state index contributed by atoms with van der Waals surface area (Å²) in [4.78, 5) is 1.34. The van der Waals surface area contributed by atoms with E-state index in [2.05, 4.69) is 42.3 Å². The van der Waals surface area contributed by atoms with Crippen molar-refractivity contribution in [2.24, 2.45) is 0 Å². The highest BCUT2D eigenvalue weighted by atomic mass is 32.4. The highest BCUT2D eigenvalue weighted by Gasteiger charge is 2.22. The SMILES string of the molecule is CCOP(=S)(Nc1cc(C)c(Cc2ccccc2)s1)c1ccc(OC)cc1. The smallest absolute Gasteiger partial charge is 0.183 e. The Bertz CT molecular complexity index is 923. The zero-order chi connectivity index (χ0) is 19.3. The average Bonchev–Trinajstić information content (AvgIpc) is 3.01. The summed E-state index contributed by atoms with van der Waals surface area (Å²) in [6.07, 6.45) is -1.45. The molecule has 27 heavy (non-hydrogen) atoms. The van der Waals surface area contributed by atoms with Gasteiger partial charge < -0.3 is 14.3 Å². The molecule has 0 radical (unpaired) electrons. The third kappa shape index (κ3) is 4.99. The fourth-order valence-electron chi connectivity index (χ4n) is 2.81. The maximum Gasteiger partial charge on any atom is 0.183 e. The molecule has 0 spiro atoms. The van der Waals surface area contributed by atoms with Crippen LogP contribution in [0, 0.1) is 6.92 Å². The van der Waals surface area contributed by atoms with Crippen LogP contribution in [0.3, 0.4) is 0 Å². The van der Waals surface area contributed by atoms with Gasteiger partial charge in [0, 0.05) is 16.6 Å².